The summed E-state index contributed by atoms with van der Waals surface area (Å²) in [5.74, 6) is 0. The van der Waals surface area contributed by atoms with E-state index in [9.17, 15) is 0 Å². The van der Waals surface area contributed by atoms with E-state index in [0.717, 1.165) is 13.1 Å². The summed E-state index contributed by atoms with van der Waals surface area (Å²) < 4.78 is 0. The van der Waals surface area contributed by atoms with Crippen LogP contribution in [0.3, 0.4) is 0 Å². The third-order valence-electron chi connectivity index (χ3n) is 4.02. The Kier molecular flexibility index (Phi) is 3.69. The van der Waals surface area contributed by atoms with Crippen LogP contribution >= 0.6 is 11.3 Å². The van der Waals surface area contributed by atoms with Gasteiger partial charge in [0.2, 0.25) is 0 Å². The van der Waals surface area contributed by atoms with Crippen LogP contribution in [0.25, 0.3) is 0 Å². The Bertz CT molecular complexity index is 561. The zero-order valence-corrected chi connectivity index (χ0v) is 12.1. The predicted molar refractivity (Wildman–Crippen MR) is 81.2 cm³/mol. The zero-order chi connectivity index (χ0) is 13.2. The fraction of sp³-hybridized carbons (Fsp3) is 0.375. The maximum atomic E-state index is 5.72. The second kappa shape index (κ2) is 5.45. The van der Waals surface area contributed by atoms with Crippen LogP contribution < -0.4 is 5.73 Å². The highest BCUT2D eigenvalue weighted by molar-refractivity contribution is 7.10. The number of benzene rings is 1. The number of thiophene rings is 1. The highest BCUT2D eigenvalue weighted by atomic mass is 32.1. The van der Waals surface area contributed by atoms with Gasteiger partial charge in [-0.2, -0.15) is 0 Å². The molecule has 100 valence electrons. The van der Waals surface area contributed by atoms with Gasteiger partial charge in [0, 0.05) is 30.6 Å². The molecule has 2 nitrogen and oxygen atoms in total. The fourth-order valence-corrected chi connectivity index (χ4v) is 3.83. The van der Waals surface area contributed by atoms with Gasteiger partial charge in [0.1, 0.15) is 0 Å². The van der Waals surface area contributed by atoms with Crippen LogP contribution in [-0.2, 0) is 19.5 Å². The van der Waals surface area contributed by atoms with Gasteiger partial charge in [0.25, 0.3) is 0 Å². The van der Waals surface area contributed by atoms with Crippen LogP contribution in [0.15, 0.2) is 35.7 Å². The standard InChI is InChI=1S/C16H20N2S/c1-12-15-6-8-19-16(15)5-7-18(12)11-14-4-2-3-13(9-14)10-17/h2-4,6,8-9,12H,5,7,10-11,17H2,1H3. The molecular weight excluding hydrogens is 252 g/mol. The van der Waals surface area contributed by atoms with E-state index in [0.29, 0.717) is 12.6 Å². The van der Waals surface area contributed by atoms with E-state index in [4.69, 9.17) is 5.73 Å². The molecule has 3 rings (SSSR count). The number of fused-ring (bicyclic) bond motifs is 1. The first-order valence-electron chi connectivity index (χ1n) is 6.86. The second-order valence-corrected chi connectivity index (χ2v) is 6.22. The molecule has 0 saturated heterocycles. The Morgan fingerprint density at radius 3 is 3.00 bits per heavy atom. The van der Waals surface area contributed by atoms with Crippen LogP contribution in [0, 0.1) is 0 Å². The quantitative estimate of drug-likeness (QED) is 0.928. The van der Waals surface area contributed by atoms with Gasteiger partial charge < -0.3 is 5.73 Å². The third kappa shape index (κ3) is 2.59. The van der Waals surface area contributed by atoms with Crippen molar-refractivity contribution < 1.29 is 0 Å². The Balaban J connectivity index is 1.77. The highest BCUT2D eigenvalue weighted by Gasteiger charge is 2.24. The maximum absolute atomic E-state index is 5.72. The van der Waals surface area contributed by atoms with Crippen molar-refractivity contribution in [3.63, 3.8) is 0 Å². The van der Waals surface area contributed by atoms with Crippen LogP contribution in [0.4, 0.5) is 0 Å². The molecule has 1 aromatic carbocycles. The third-order valence-corrected chi connectivity index (χ3v) is 5.01. The van der Waals surface area contributed by atoms with Gasteiger partial charge in [-0.1, -0.05) is 24.3 Å². The van der Waals surface area contributed by atoms with Crippen molar-refractivity contribution in [2.24, 2.45) is 5.73 Å². The summed E-state index contributed by atoms with van der Waals surface area (Å²) in [6.45, 7) is 5.11. The first kappa shape index (κ1) is 12.9. The molecule has 2 aromatic rings. The molecular formula is C16H20N2S. The minimum Gasteiger partial charge on any atom is -0.326 e. The summed E-state index contributed by atoms with van der Waals surface area (Å²) in [5.41, 5.74) is 9.83. The average molecular weight is 272 g/mol. The lowest BCUT2D eigenvalue weighted by molar-refractivity contribution is 0.191. The minimum atomic E-state index is 0.525. The summed E-state index contributed by atoms with van der Waals surface area (Å²) in [7, 11) is 0. The summed E-state index contributed by atoms with van der Waals surface area (Å²) in [6.07, 6.45) is 1.19. The molecule has 1 unspecified atom stereocenters. The predicted octanol–water partition coefficient (Wildman–Crippen LogP) is 3.33. The van der Waals surface area contributed by atoms with E-state index in [2.05, 4.69) is 47.5 Å². The topological polar surface area (TPSA) is 29.3 Å². The van der Waals surface area contributed by atoms with Crippen molar-refractivity contribution in [1.82, 2.24) is 4.90 Å². The molecule has 1 aromatic heterocycles. The van der Waals surface area contributed by atoms with Gasteiger partial charge in [-0.25, -0.2) is 0 Å². The SMILES string of the molecule is CC1c2ccsc2CCN1Cc1cccc(CN)c1. The molecule has 0 fully saturated rings. The lowest BCUT2D eigenvalue weighted by Crippen LogP contribution is -2.32. The summed E-state index contributed by atoms with van der Waals surface area (Å²) in [5, 5.41) is 2.22. The lowest BCUT2D eigenvalue weighted by Gasteiger charge is -2.33. The molecule has 0 spiro atoms. The van der Waals surface area contributed by atoms with Crippen LogP contribution in [0.5, 0.6) is 0 Å². The zero-order valence-electron chi connectivity index (χ0n) is 11.3. The van der Waals surface area contributed by atoms with Crippen LogP contribution in [0.2, 0.25) is 0 Å². The molecule has 2 heterocycles. The Morgan fingerprint density at radius 2 is 2.16 bits per heavy atom. The second-order valence-electron chi connectivity index (χ2n) is 5.22. The number of hydrogen-bond acceptors (Lipinski definition) is 3. The molecule has 3 heteroatoms. The van der Waals surface area contributed by atoms with Crippen LogP contribution in [-0.4, -0.2) is 11.4 Å². The molecule has 0 bridgehead atoms. The van der Waals surface area contributed by atoms with Gasteiger partial charge in [0.05, 0.1) is 0 Å². The molecule has 1 aliphatic rings. The maximum Gasteiger partial charge on any atom is 0.0334 e. The molecule has 0 radical (unpaired) electrons. The number of nitrogens with two attached hydrogens (primary N) is 1. The normalized spacial score (nSPS) is 19.4. The van der Waals surface area contributed by atoms with Crippen molar-refractivity contribution >= 4 is 11.3 Å². The first-order chi connectivity index (χ1) is 9.28. The average Bonchev–Trinajstić information content (AvgIpc) is 2.91. The first-order valence-corrected chi connectivity index (χ1v) is 7.74. The highest BCUT2D eigenvalue weighted by Crippen LogP contribution is 2.33. The smallest absolute Gasteiger partial charge is 0.0334 e. The minimum absolute atomic E-state index is 0.525. The summed E-state index contributed by atoms with van der Waals surface area (Å²) in [4.78, 5) is 4.13. The van der Waals surface area contributed by atoms with Gasteiger partial charge in [0.15, 0.2) is 0 Å². The van der Waals surface area contributed by atoms with Crippen molar-refractivity contribution in [1.29, 1.82) is 0 Å². The molecule has 1 aliphatic heterocycles. The van der Waals surface area contributed by atoms with E-state index < -0.39 is 0 Å². The molecule has 2 N–H and O–H groups in total. The van der Waals surface area contributed by atoms with Gasteiger partial charge in [-0.3, -0.25) is 4.90 Å². The number of hydrogen-bond donors (Lipinski definition) is 1. The number of nitrogens with zero attached hydrogens (tertiary/aromatic N) is 1. The van der Waals surface area contributed by atoms with E-state index in [1.807, 2.05) is 11.3 Å². The molecule has 0 amide bonds. The molecule has 0 saturated carbocycles. The van der Waals surface area contributed by atoms with E-state index in [-0.39, 0.29) is 0 Å². The monoisotopic (exact) mass is 272 g/mol. The van der Waals surface area contributed by atoms with E-state index in [1.54, 1.807) is 4.88 Å². The Labute approximate surface area is 118 Å². The lowest BCUT2D eigenvalue weighted by atomic mass is 10.0. The fourth-order valence-electron chi connectivity index (χ4n) is 2.87. The Hall–Kier alpha value is -1.16. The summed E-state index contributed by atoms with van der Waals surface area (Å²) in [6, 6.07) is 11.5. The van der Waals surface area contributed by atoms with E-state index >= 15 is 0 Å². The molecule has 1 atom stereocenters. The van der Waals surface area contributed by atoms with Gasteiger partial charge >= 0.3 is 0 Å². The molecule has 19 heavy (non-hydrogen) atoms. The Morgan fingerprint density at radius 1 is 1.32 bits per heavy atom. The van der Waals surface area contributed by atoms with Crippen molar-refractivity contribution in [2.45, 2.75) is 32.5 Å². The van der Waals surface area contributed by atoms with Crippen molar-refractivity contribution in [3.8, 4) is 0 Å². The molecule has 0 aliphatic carbocycles. The van der Waals surface area contributed by atoms with Crippen molar-refractivity contribution in [3.05, 3.63) is 57.3 Å². The largest absolute Gasteiger partial charge is 0.326 e. The van der Waals surface area contributed by atoms with Crippen molar-refractivity contribution in [2.75, 3.05) is 6.54 Å². The van der Waals surface area contributed by atoms with E-state index in [1.165, 1.54) is 23.1 Å². The summed E-state index contributed by atoms with van der Waals surface area (Å²) >= 11 is 1.90. The number of rotatable bonds is 3. The van der Waals surface area contributed by atoms with Gasteiger partial charge in [-0.05, 0) is 41.5 Å². The van der Waals surface area contributed by atoms with Gasteiger partial charge in [-0.15, -0.1) is 11.3 Å². The van der Waals surface area contributed by atoms with Crippen LogP contribution in [0.1, 0.15) is 34.5 Å².